The SMILES string of the molecule is CCCC(C)NC(=O)c1cc(C)c2c(-c3ccccc3)nn(-c3cccc(F)c3)c2n1. The van der Waals surface area contributed by atoms with E-state index >= 15 is 0 Å². The van der Waals surface area contributed by atoms with E-state index in [1.165, 1.54) is 12.1 Å². The highest BCUT2D eigenvalue weighted by Crippen LogP contribution is 2.31. The Morgan fingerprint density at radius 3 is 2.61 bits per heavy atom. The highest BCUT2D eigenvalue weighted by Gasteiger charge is 2.21. The van der Waals surface area contributed by atoms with Gasteiger partial charge in [0, 0.05) is 11.6 Å². The van der Waals surface area contributed by atoms with Gasteiger partial charge in [0.25, 0.3) is 5.91 Å². The molecule has 0 saturated carbocycles. The van der Waals surface area contributed by atoms with Gasteiger partial charge in [-0.1, -0.05) is 49.7 Å². The first-order valence-electron chi connectivity index (χ1n) is 10.5. The van der Waals surface area contributed by atoms with Gasteiger partial charge >= 0.3 is 0 Å². The van der Waals surface area contributed by atoms with Gasteiger partial charge < -0.3 is 5.32 Å². The first kappa shape index (κ1) is 20.7. The van der Waals surface area contributed by atoms with E-state index in [1.807, 2.05) is 44.2 Å². The van der Waals surface area contributed by atoms with Gasteiger partial charge in [0.05, 0.1) is 11.1 Å². The molecule has 0 bridgehead atoms. The van der Waals surface area contributed by atoms with Gasteiger partial charge in [0.2, 0.25) is 0 Å². The van der Waals surface area contributed by atoms with Crippen molar-refractivity contribution in [2.24, 2.45) is 0 Å². The first-order chi connectivity index (χ1) is 15.0. The molecule has 0 fully saturated rings. The van der Waals surface area contributed by atoms with Crippen LogP contribution in [0.15, 0.2) is 60.7 Å². The van der Waals surface area contributed by atoms with Crippen LogP contribution < -0.4 is 5.32 Å². The van der Waals surface area contributed by atoms with Gasteiger partial charge in [-0.3, -0.25) is 4.79 Å². The van der Waals surface area contributed by atoms with Crippen LogP contribution >= 0.6 is 0 Å². The van der Waals surface area contributed by atoms with E-state index in [2.05, 4.69) is 17.2 Å². The summed E-state index contributed by atoms with van der Waals surface area (Å²) in [5.41, 5.74) is 3.97. The third-order valence-electron chi connectivity index (χ3n) is 5.27. The third kappa shape index (κ3) is 4.19. The minimum Gasteiger partial charge on any atom is -0.348 e. The highest BCUT2D eigenvalue weighted by atomic mass is 19.1. The molecular weight excluding hydrogens is 391 g/mol. The molecule has 1 N–H and O–H groups in total. The van der Waals surface area contributed by atoms with E-state index < -0.39 is 0 Å². The summed E-state index contributed by atoms with van der Waals surface area (Å²) in [6.07, 6.45) is 1.88. The van der Waals surface area contributed by atoms with Crippen LogP contribution in [-0.2, 0) is 0 Å². The number of fused-ring (bicyclic) bond motifs is 1. The summed E-state index contributed by atoms with van der Waals surface area (Å²) in [5, 5.41) is 8.62. The zero-order valence-corrected chi connectivity index (χ0v) is 17.9. The van der Waals surface area contributed by atoms with Crippen molar-refractivity contribution in [2.45, 2.75) is 39.7 Å². The number of halogens is 1. The first-order valence-corrected chi connectivity index (χ1v) is 10.5. The predicted octanol–water partition coefficient (Wildman–Crippen LogP) is 5.45. The lowest BCUT2D eigenvalue weighted by molar-refractivity contribution is 0.0933. The minimum atomic E-state index is -0.360. The summed E-state index contributed by atoms with van der Waals surface area (Å²) in [5.74, 6) is -0.583. The third-order valence-corrected chi connectivity index (χ3v) is 5.27. The number of carbonyl (C=O) groups is 1. The lowest BCUT2D eigenvalue weighted by Gasteiger charge is -2.13. The molecule has 158 valence electrons. The standard InChI is InChI=1S/C25H25FN4O/c1-4-9-17(3)27-25(31)21-14-16(2)22-23(18-10-6-5-7-11-18)29-30(24(22)28-21)20-13-8-12-19(26)15-20/h5-8,10-15,17H,4,9H2,1-3H3,(H,27,31). The lowest BCUT2D eigenvalue weighted by Crippen LogP contribution is -2.33. The van der Waals surface area contributed by atoms with Crippen LogP contribution in [0.1, 0.15) is 42.7 Å². The van der Waals surface area contributed by atoms with Gasteiger partial charge in [0.1, 0.15) is 17.2 Å². The molecule has 0 saturated heterocycles. The average Bonchev–Trinajstić information content (AvgIpc) is 3.15. The van der Waals surface area contributed by atoms with Crippen molar-refractivity contribution < 1.29 is 9.18 Å². The fourth-order valence-corrected chi connectivity index (χ4v) is 3.80. The molecule has 4 aromatic rings. The molecule has 4 rings (SSSR count). The Labute approximate surface area is 180 Å². The number of nitrogens with zero attached hydrogens (tertiary/aromatic N) is 3. The number of nitrogens with one attached hydrogen (secondary N) is 1. The van der Waals surface area contributed by atoms with E-state index in [0.717, 1.165) is 35.0 Å². The van der Waals surface area contributed by atoms with E-state index in [9.17, 15) is 9.18 Å². The molecule has 2 aromatic heterocycles. The Bertz CT molecular complexity index is 1230. The van der Waals surface area contributed by atoms with Gasteiger partial charge in [-0.05, 0) is 50.1 Å². The second-order valence-electron chi connectivity index (χ2n) is 7.79. The van der Waals surface area contributed by atoms with Crippen LogP contribution in [-0.4, -0.2) is 26.7 Å². The zero-order chi connectivity index (χ0) is 22.0. The van der Waals surface area contributed by atoms with E-state index in [1.54, 1.807) is 22.9 Å². The molecule has 6 heteroatoms. The summed E-state index contributed by atoms with van der Waals surface area (Å²) >= 11 is 0. The van der Waals surface area contributed by atoms with Crippen LogP contribution in [0.4, 0.5) is 4.39 Å². The maximum absolute atomic E-state index is 14.0. The summed E-state index contributed by atoms with van der Waals surface area (Å²) in [6, 6.07) is 17.9. The Kier molecular flexibility index (Phi) is 5.80. The fourth-order valence-electron chi connectivity index (χ4n) is 3.80. The molecule has 0 aliphatic carbocycles. The number of rotatable bonds is 6. The molecule has 2 heterocycles. The van der Waals surface area contributed by atoms with Crippen molar-refractivity contribution in [3.63, 3.8) is 0 Å². The molecule has 1 amide bonds. The number of amides is 1. The second kappa shape index (κ2) is 8.68. The van der Waals surface area contributed by atoms with Crippen LogP contribution in [0, 0.1) is 12.7 Å². The number of carbonyl (C=O) groups excluding carboxylic acids is 1. The molecule has 0 radical (unpaired) electrons. The molecule has 31 heavy (non-hydrogen) atoms. The molecule has 1 atom stereocenters. The van der Waals surface area contributed by atoms with Crippen LogP contribution in [0.25, 0.3) is 28.0 Å². The Hall–Kier alpha value is -3.54. The van der Waals surface area contributed by atoms with E-state index in [0.29, 0.717) is 17.0 Å². The zero-order valence-electron chi connectivity index (χ0n) is 17.9. The minimum absolute atomic E-state index is 0.0586. The maximum Gasteiger partial charge on any atom is 0.270 e. The normalized spacial score (nSPS) is 12.1. The number of benzene rings is 2. The molecular formula is C25H25FN4O. The monoisotopic (exact) mass is 416 g/mol. The molecule has 0 spiro atoms. The van der Waals surface area contributed by atoms with Gasteiger partial charge in [-0.15, -0.1) is 0 Å². The number of aryl methyl sites for hydroxylation is 1. The molecule has 0 aliphatic heterocycles. The van der Waals surface area contributed by atoms with Crippen LogP contribution in [0.5, 0.6) is 0 Å². The Balaban J connectivity index is 1.91. The van der Waals surface area contributed by atoms with Gasteiger partial charge in [0.15, 0.2) is 5.65 Å². The van der Waals surface area contributed by atoms with Crippen molar-refractivity contribution in [1.29, 1.82) is 0 Å². The lowest BCUT2D eigenvalue weighted by atomic mass is 10.1. The van der Waals surface area contributed by atoms with Crippen molar-refractivity contribution in [3.05, 3.63) is 77.7 Å². The number of pyridine rings is 1. The summed E-state index contributed by atoms with van der Waals surface area (Å²) in [4.78, 5) is 17.5. The van der Waals surface area contributed by atoms with Crippen molar-refractivity contribution in [3.8, 4) is 16.9 Å². The Morgan fingerprint density at radius 1 is 1.13 bits per heavy atom. The van der Waals surface area contributed by atoms with Crippen molar-refractivity contribution in [1.82, 2.24) is 20.1 Å². The highest BCUT2D eigenvalue weighted by molar-refractivity contribution is 5.99. The topological polar surface area (TPSA) is 59.8 Å². The summed E-state index contributed by atoms with van der Waals surface area (Å²) in [7, 11) is 0. The smallest absolute Gasteiger partial charge is 0.270 e. The fraction of sp³-hybridized carbons (Fsp3) is 0.240. The number of hydrogen-bond acceptors (Lipinski definition) is 3. The summed E-state index contributed by atoms with van der Waals surface area (Å²) < 4.78 is 15.6. The number of aromatic nitrogens is 3. The van der Waals surface area contributed by atoms with E-state index in [4.69, 9.17) is 5.10 Å². The molecule has 0 aliphatic rings. The number of hydrogen-bond donors (Lipinski definition) is 1. The van der Waals surface area contributed by atoms with Crippen LogP contribution in [0.2, 0.25) is 0 Å². The summed E-state index contributed by atoms with van der Waals surface area (Å²) in [6.45, 7) is 6.01. The average molecular weight is 417 g/mol. The predicted molar refractivity (Wildman–Crippen MR) is 121 cm³/mol. The van der Waals surface area contributed by atoms with Crippen LogP contribution in [0.3, 0.4) is 0 Å². The molecule has 1 unspecified atom stereocenters. The van der Waals surface area contributed by atoms with E-state index in [-0.39, 0.29) is 17.8 Å². The molecule has 2 aromatic carbocycles. The quantitative estimate of drug-likeness (QED) is 0.454. The largest absolute Gasteiger partial charge is 0.348 e. The molecule has 5 nitrogen and oxygen atoms in total. The Morgan fingerprint density at radius 2 is 1.90 bits per heavy atom. The van der Waals surface area contributed by atoms with Gasteiger partial charge in [-0.25, -0.2) is 14.1 Å². The van der Waals surface area contributed by atoms with Crippen molar-refractivity contribution in [2.75, 3.05) is 0 Å². The maximum atomic E-state index is 14.0. The van der Waals surface area contributed by atoms with Gasteiger partial charge in [-0.2, -0.15) is 5.10 Å². The second-order valence-corrected chi connectivity index (χ2v) is 7.79. The van der Waals surface area contributed by atoms with Crippen molar-refractivity contribution >= 4 is 16.9 Å².